The van der Waals surface area contributed by atoms with Gasteiger partial charge in [-0.05, 0) is 43.4 Å². The Morgan fingerprint density at radius 3 is 2.23 bits per heavy atom. The molecule has 0 radical (unpaired) electrons. The fraction of sp³-hybridized carbons (Fsp3) is 0.400. The van der Waals surface area contributed by atoms with Gasteiger partial charge < -0.3 is 10.2 Å². The Bertz CT molecular complexity index is 1140. The number of aliphatic hydroxyl groups is 2. The van der Waals surface area contributed by atoms with Crippen molar-refractivity contribution in [1.29, 1.82) is 0 Å². The maximum atomic E-state index is 14.1. The lowest BCUT2D eigenvalue weighted by molar-refractivity contribution is -0.357. The van der Waals surface area contributed by atoms with Crippen molar-refractivity contribution >= 4 is 21.8 Å². The molecule has 4 rings (SSSR count). The molecule has 1 aromatic carbocycles. The van der Waals surface area contributed by atoms with Crippen LogP contribution in [0.5, 0.6) is 0 Å². The molecule has 0 saturated carbocycles. The van der Waals surface area contributed by atoms with Crippen LogP contribution in [0.25, 0.3) is 21.8 Å². The lowest BCUT2D eigenvalue weighted by atomic mass is 9.91. The van der Waals surface area contributed by atoms with E-state index in [2.05, 4.69) is 9.97 Å². The van der Waals surface area contributed by atoms with Crippen molar-refractivity contribution < 1.29 is 36.6 Å². The summed E-state index contributed by atoms with van der Waals surface area (Å²) in [4.78, 5) is 8.30. The third-order valence-corrected chi connectivity index (χ3v) is 5.43. The quantitative estimate of drug-likeness (QED) is 0.253. The van der Waals surface area contributed by atoms with E-state index in [1.165, 1.54) is 12.3 Å². The molecule has 2 N–H and O–H groups in total. The number of pyridine rings is 2. The summed E-state index contributed by atoms with van der Waals surface area (Å²) in [5.74, 6) is -4.36. The topological polar surface area (TPSA) is 66.2 Å². The van der Waals surface area contributed by atoms with E-state index in [1.54, 1.807) is 0 Å². The minimum absolute atomic E-state index is 0.0535. The van der Waals surface area contributed by atoms with Crippen LogP contribution in [-0.4, -0.2) is 26.4 Å². The van der Waals surface area contributed by atoms with Crippen LogP contribution in [0, 0.1) is 0 Å². The summed E-state index contributed by atoms with van der Waals surface area (Å²) in [6.45, 7) is 0. The van der Waals surface area contributed by atoms with Crippen molar-refractivity contribution in [2.75, 3.05) is 0 Å². The van der Waals surface area contributed by atoms with E-state index in [0.29, 0.717) is 31.7 Å². The van der Waals surface area contributed by atoms with Crippen molar-refractivity contribution in [2.45, 2.75) is 50.2 Å². The number of halogens is 6. The fourth-order valence-corrected chi connectivity index (χ4v) is 4.05. The summed E-state index contributed by atoms with van der Waals surface area (Å²) in [6.07, 6.45) is -6.95. The molecular weight excluding hydrogens is 414 g/mol. The standard InChI is InChI=1S/C20H16F6N2O2/c21-19(22,23)15-11-5-2-1-3-7-14(11)28-17-12(15)9-13(18(29,30)20(24,25)26)10-6-4-8-27-16(10)17/h4,6,8-9,29-30H,1-3,5,7H2. The minimum atomic E-state index is -5.54. The van der Waals surface area contributed by atoms with E-state index in [-0.39, 0.29) is 34.1 Å². The number of benzene rings is 1. The average molecular weight is 430 g/mol. The molecule has 10 heteroatoms. The van der Waals surface area contributed by atoms with Gasteiger partial charge in [-0.1, -0.05) is 12.5 Å². The summed E-state index contributed by atoms with van der Waals surface area (Å²) in [7, 11) is 0. The molecule has 30 heavy (non-hydrogen) atoms. The molecule has 0 aliphatic heterocycles. The Morgan fingerprint density at radius 2 is 1.57 bits per heavy atom. The van der Waals surface area contributed by atoms with Crippen molar-refractivity contribution in [2.24, 2.45) is 0 Å². The number of nitrogens with zero attached hydrogens (tertiary/aromatic N) is 2. The molecule has 1 aliphatic carbocycles. The molecule has 3 aromatic rings. The highest BCUT2D eigenvalue weighted by molar-refractivity contribution is 6.06. The lowest BCUT2D eigenvalue weighted by Gasteiger charge is -2.27. The first-order valence-corrected chi connectivity index (χ1v) is 9.25. The van der Waals surface area contributed by atoms with Crippen LogP contribution in [0.1, 0.15) is 41.6 Å². The van der Waals surface area contributed by atoms with E-state index < -0.39 is 34.7 Å². The number of alkyl halides is 6. The summed E-state index contributed by atoms with van der Waals surface area (Å²) in [6, 6.07) is 2.94. The smallest absolute Gasteiger partial charge is 0.355 e. The molecule has 2 aromatic heterocycles. The third-order valence-electron chi connectivity index (χ3n) is 5.43. The maximum Gasteiger partial charge on any atom is 0.447 e. The molecule has 1 aliphatic rings. The van der Waals surface area contributed by atoms with Crippen molar-refractivity contribution in [3.05, 3.63) is 46.8 Å². The molecule has 160 valence electrons. The van der Waals surface area contributed by atoms with Crippen LogP contribution in [-0.2, 0) is 24.8 Å². The average Bonchev–Trinajstić information content (AvgIpc) is 2.88. The molecule has 2 heterocycles. The second kappa shape index (κ2) is 6.78. The predicted molar refractivity (Wildman–Crippen MR) is 95.5 cm³/mol. The highest BCUT2D eigenvalue weighted by atomic mass is 19.4. The molecule has 0 bridgehead atoms. The summed E-state index contributed by atoms with van der Waals surface area (Å²) in [5, 5.41) is 18.8. The Labute approximate surface area is 166 Å². The Hall–Kier alpha value is -2.46. The normalized spacial score (nSPS) is 16.0. The fourth-order valence-electron chi connectivity index (χ4n) is 4.05. The molecule has 0 spiro atoms. The first-order valence-electron chi connectivity index (χ1n) is 9.25. The lowest BCUT2D eigenvalue weighted by Crippen LogP contribution is -2.42. The molecule has 0 atom stereocenters. The SMILES string of the molecule is OC(O)(c1cc2c(C(F)(F)F)c3c(nc2c2ncccc12)CCCCC3)C(F)(F)F. The Morgan fingerprint density at radius 1 is 0.867 bits per heavy atom. The number of fused-ring (bicyclic) bond motifs is 4. The zero-order valence-electron chi connectivity index (χ0n) is 15.4. The van der Waals surface area contributed by atoms with Crippen molar-refractivity contribution in [1.82, 2.24) is 9.97 Å². The van der Waals surface area contributed by atoms with Gasteiger partial charge in [0.15, 0.2) is 0 Å². The highest BCUT2D eigenvalue weighted by Gasteiger charge is 2.55. The Kier molecular flexibility index (Phi) is 4.70. The highest BCUT2D eigenvalue weighted by Crippen LogP contribution is 2.45. The predicted octanol–water partition coefficient (Wildman–Crippen LogP) is 4.77. The van der Waals surface area contributed by atoms with E-state index >= 15 is 0 Å². The van der Waals surface area contributed by atoms with Crippen LogP contribution < -0.4 is 0 Å². The first-order chi connectivity index (χ1) is 13.9. The van der Waals surface area contributed by atoms with Gasteiger partial charge in [0.05, 0.1) is 16.6 Å². The van der Waals surface area contributed by atoms with E-state index in [0.717, 1.165) is 6.07 Å². The number of rotatable bonds is 1. The summed E-state index contributed by atoms with van der Waals surface area (Å²) < 4.78 is 82.4. The van der Waals surface area contributed by atoms with E-state index in [9.17, 15) is 36.6 Å². The molecule has 0 saturated heterocycles. The van der Waals surface area contributed by atoms with Crippen LogP contribution in [0.15, 0.2) is 24.4 Å². The van der Waals surface area contributed by atoms with Gasteiger partial charge in [0.25, 0.3) is 5.79 Å². The van der Waals surface area contributed by atoms with Gasteiger partial charge in [0, 0.05) is 28.2 Å². The van der Waals surface area contributed by atoms with Gasteiger partial charge in [-0.15, -0.1) is 0 Å². The van der Waals surface area contributed by atoms with Gasteiger partial charge in [0.1, 0.15) is 0 Å². The van der Waals surface area contributed by atoms with Crippen molar-refractivity contribution in [3.63, 3.8) is 0 Å². The van der Waals surface area contributed by atoms with E-state index in [4.69, 9.17) is 0 Å². The van der Waals surface area contributed by atoms with E-state index in [1.807, 2.05) is 0 Å². The van der Waals surface area contributed by atoms with Crippen LogP contribution in [0.2, 0.25) is 0 Å². The molecule has 0 amide bonds. The third kappa shape index (κ3) is 3.18. The van der Waals surface area contributed by atoms with Gasteiger partial charge in [-0.2, -0.15) is 26.3 Å². The monoisotopic (exact) mass is 430 g/mol. The number of aromatic nitrogens is 2. The number of hydrogen-bond acceptors (Lipinski definition) is 4. The largest absolute Gasteiger partial charge is 0.447 e. The summed E-state index contributed by atoms with van der Waals surface area (Å²) >= 11 is 0. The van der Waals surface area contributed by atoms with Gasteiger partial charge in [-0.25, -0.2) is 0 Å². The molecule has 0 fully saturated rings. The van der Waals surface area contributed by atoms with Crippen LogP contribution in [0.4, 0.5) is 26.3 Å². The van der Waals surface area contributed by atoms with Gasteiger partial charge >= 0.3 is 12.4 Å². The molecule has 0 unspecified atom stereocenters. The molecular formula is C20H16F6N2O2. The maximum absolute atomic E-state index is 14.1. The second-order valence-electron chi connectivity index (χ2n) is 7.36. The summed E-state index contributed by atoms with van der Waals surface area (Å²) in [5.41, 5.74) is -2.47. The first kappa shape index (κ1) is 20.8. The van der Waals surface area contributed by atoms with Crippen molar-refractivity contribution in [3.8, 4) is 0 Å². The number of aryl methyl sites for hydroxylation is 1. The van der Waals surface area contributed by atoms with Gasteiger partial charge in [-0.3, -0.25) is 9.97 Å². The van der Waals surface area contributed by atoms with Crippen LogP contribution in [0.3, 0.4) is 0 Å². The minimum Gasteiger partial charge on any atom is -0.355 e. The number of hydrogen-bond donors (Lipinski definition) is 2. The second-order valence-corrected chi connectivity index (χ2v) is 7.36. The van der Waals surface area contributed by atoms with Crippen LogP contribution >= 0.6 is 0 Å². The zero-order valence-corrected chi connectivity index (χ0v) is 15.4. The Balaban J connectivity index is 2.22. The van der Waals surface area contributed by atoms with Gasteiger partial charge in [0.2, 0.25) is 0 Å². The molecule has 4 nitrogen and oxygen atoms in total. The zero-order chi connectivity index (χ0) is 21.9.